The van der Waals surface area contributed by atoms with Crippen LogP contribution in [0.4, 0.5) is 4.39 Å². The Balaban J connectivity index is 1.46. The first-order chi connectivity index (χ1) is 13.9. The van der Waals surface area contributed by atoms with Gasteiger partial charge < -0.3 is 9.73 Å². The number of nitrogens with zero attached hydrogens (tertiary/aromatic N) is 2. The Bertz CT molecular complexity index is 1050. The number of benzene rings is 2. The maximum atomic E-state index is 12.9. The molecule has 1 amide bonds. The van der Waals surface area contributed by atoms with Crippen LogP contribution in [0.2, 0.25) is 0 Å². The zero-order valence-corrected chi connectivity index (χ0v) is 16.4. The van der Waals surface area contributed by atoms with Gasteiger partial charge in [-0.3, -0.25) is 4.79 Å². The van der Waals surface area contributed by atoms with Crippen molar-refractivity contribution < 1.29 is 22.0 Å². The highest BCUT2D eigenvalue weighted by molar-refractivity contribution is 7.90. The minimum atomic E-state index is -3.82. The van der Waals surface area contributed by atoms with Crippen molar-refractivity contribution in [3.05, 3.63) is 77.4 Å². The van der Waals surface area contributed by atoms with Gasteiger partial charge in [-0.15, -0.1) is 5.10 Å². The number of carbonyl (C=O) groups is 1. The van der Waals surface area contributed by atoms with E-state index in [4.69, 9.17) is 4.42 Å². The predicted octanol–water partition coefficient (Wildman–Crippen LogP) is 2.47. The molecule has 0 aliphatic heterocycles. The topological polar surface area (TPSA) is 102 Å². The molecule has 2 aromatic carbocycles. The molecule has 1 aromatic heterocycles. The fraction of sp³-hybridized carbons (Fsp3) is 0.250. The van der Waals surface area contributed by atoms with Crippen molar-refractivity contribution >= 4 is 15.7 Å². The average molecular weight is 417 g/mol. The van der Waals surface area contributed by atoms with Crippen molar-refractivity contribution in [2.75, 3.05) is 6.54 Å². The summed E-state index contributed by atoms with van der Waals surface area (Å²) in [6, 6.07) is 14.6. The van der Waals surface area contributed by atoms with Crippen LogP contribution < -0.4 is 5.32 Å². The van der Waals surface area contributed by atoms with E-state index in [2.05, 4.69) is 15.5 Å². The molecule has 0 spiro atoms. The molecule has 3 aromatic rings. The number of hydrogen-bond acceptors (Lipinski definition) is 6. The van der Waals surface area contributed by atoms with Gasteiger partial charge in [0.15, 0.2) is 0 Å². The second-order valence-electron chi connectivity index (χ2n) is 6.46. The second-order valence-corrected chi connectivity index (χ2v) is 8.33. The highest BCUT2D eigenvalue weighted by atomic mass is 32.2. The van der Waals surface area contributed by atoms with E-state index >= 15 is 0 Å². The molecule has 1 N–H and O–H groups in total. The predicted molar refractivity (Wildman–Crippen MR) is 103 cm³/mol. The van der Waals surface area contributed by atoms with Crippen molar-refractivity contribution in [1.29, 1.82) is 0 Å². The molecule has 0 atom stereocenters. The minimum Gasteiger partial charge on any atom is -0.413 e. The SMILES string of the molecule is O=C(Cc1ccccc1)NCCCc1nnc(S(=O)(=O)Cc2ccc(F)cc2)o1. The van der Waals surface area contributed by atoms with Crippen LogP contribution in [0.3, 0.4) is 0 Å². The van der Waals surface area contributed by atoms with Crippen LogP contribution in [0.5, 0.6) is 0 Å². The molecular formula is C20H20FN3O4S. The van der Waals surface area contributed by atoms with Gasteiger partial charge in [-0.2, -0.15) is 0 Å². The third kappa shape index (κ3) is 6.21. The van der Waals surface area contributed by atoms with Crippen molar-refractivity contribution in [2.45, 2.75) is 30.2 Å². The monoisotopic (exact) mass is 417 g/mol. The van der Waals surface area contributed by atoms with Gasteiger partial charge in [-0.1, -0.05) is 47.6 Å². The van der Waals surface area contributed by atoms with Crippen LogP contribution in [-0.2, 0) is 33.2 Å². The highest BCUT2D eigenvalue weighted by Crippen LogP contribution is 2.16. The number of rotatable bonds is 9. The van der Waals surface area contributed by atoms with Gasteiger partial charge in [0.25, 0.3) is 0 Å². The Hall–Kier alpha value is -3.07. The van der Waals surface area contributed by atoms with E-state index in [9.17, 15) is 17.6 Å². The lowest BCUT2D eigenvalue weighted by atomic mass is 10.1. The Labute approximate surface area is 167 Å². The maximum Gasteiger partial charge on any atom is 0.335 e. The van der Waals surface area contributed by atoms with Crippen LogP contribution in [0.1, 0.15) is 23.4 Å². The summed E-state index contributed by atoms with van der Waals surface area (Å²) in [7, 11) is -3.82. The van der Waals surface area contributed by atoms with Crippen LogP contribution in [-0.4, -0.2) is 31.1 Å². The first-order valence-electron chi connectivity index (χ1n) is 9.02. The summed E-state index contributed by atoms with van der Waals surface area (Å²) >= 11 is 0. The number of aryl methyl sites for hydroxylation is 1. The summed E-state index contributed by atoms with van der Waals surface area (Å²) in [6.45, 7) is 0.408. The molecule has 0 unspecified atom stereocenters. The number of aromatic nitrogens is 2. The molecule has 0 fully saturated rings. The quantitative estimate of drug-likeness (QED) is 0.537. The number of halogens is 1. The fourth-order valence-corrected chi connectivity index (χ4v) is 3.78. The van der Waals surface area contributed by atoms with Crippen LogP contribution in [0.25, 0.3) is 0 Å². The van der Waals surface area contributed by atoms with Crippen LogP contribution in [0, 0.1) is 5.82 Å². The Kier molecular flexibility index (Phi) is 6.71. The van der Waals surface area contributed by atoms with Gasteiger partial charge in [0.05, 0.1) is 12.2 Å². The summed E-state index contributed by atoms with van der Waals surface area (Å²) in [5.41, 5.74) is 1.35. The van der Waals surface area contributed by atoms with Crippen molar-refractivity contribution in [2.24, 2.45) is 0 Å². The minimum absolute atomic E-state index is 0.0932. The van der Waals surface area contributed by atoms with Gasteiger partial charge in [0.2, 0.25) is 21.6 Å². The first kappa shape index (κ1) is 20.7. The lowest BCUT2D eigenvalue weighted by Gasteiger charge is -2.04. The number of carbonyl (C=O) groups excluding carboxylic acids is 1. The third-order valence-corrected chi connectivity index (χ3v) is 5.49. The molecule has 9 heteroatoms. The average Bonchev–Trinajstić information content (AvgIpc) is 3.18. The molecule has 0 bridgehead atoms. The first-order valence-corrected chi connectivity index (χ1v) is 10.7. The van der Waals surface area contributed by atoms with E-state index in [1.54, 1.807) is 0 Å². The van der Waals surface area contributed by atoms with Crippen molar-refractivity contribution in [1.82, 2.24) is 15.5 Å². The van der Waals surface area contributed by atoms with E-state index in [1.807, 2.05) is 30.3 Å². The lowest BCUT2D eigenvalue weighted by molar-refractivity contribution is -0.120. The molecule has 7 nitrogen and oxygen atoms in total. The molecule has 3 rings (SSSR count). The largest absolute Gasteiger partial charge is 0.413 e. The Morgan fingerprint density at radius 2 is 1.72 bits per heavy atom. The van der Waals surface area contributed by atoms with Crippen LogP contribution >= 0.6 is 0 Å². The van der Waals surface area contributed by atoms with Gasteiger partial charge >= 0.3 is 5.22 Å². The van der Waals surface area contributed by atoms with Crippen LogP contribution in [0.15, 0.2) is 64.2 Å². The van der Waals surface area contributed by atoms with Gasteiger partial charge in [-0.25, -0.2) is 12.8 Å². The summed E-state index contributed by atoms with van der Waals surface area (Å²) < 4.78 is 42.9. The summed E-state index contributed by atoms with van der Waals surface area (Å²) in [6.07, 6.45) is 1.16. The smallest absolute Gasteiger partial charge is 0.335 e. The van der Waals surface area contributed by atoms with Crippen molar-refractivity contribution in [3.8, 4) is 0 Å². The number of sulfone groups is 1. The molecule has 1 heterocycles. The van der Waals surface area contributed by atoms with E-state index in [-0.39, 0.29) is 17.6 Å². The Morgan fingerprint density at radius 3 is 2.45 bits per heavy atom. The molecule has 29 heavy (non-hydrogen) atoms. The fourth-order valence-electron chi connectivity index (χ4n) is 2.64. The molecular weight excluding hydrogens is 397 g/mol. The normalized spacial score (nSPS) is 11.3. The highest BCUT2D eigenvalue weighted by Gasteiger charge is 2.23. The molecule has 0 saturated heterocycles. The van der Waals surface area contributed by atoms with E-state index in [1.165, 1.54) is 24.3 Å². The van der Waals surface area contributed by atoms with E-state index < -0.39 is 20.9 Å². The van der Waals surface area contributed by atoms with E-state index in [0.29, 0.717) is 31.4 Å². The molecule has 0 aliphatic rings. The van der Waals surface area contributed by atoms with E-state index in [0.717, 1.165) is 5.56 Å². The molecule has 0 saturated carbocycles. The maximum absolute atomic E-state index is 12.9. The zero-order chi connectivity index (χ0) is 20.7. The standard InChI is InChI=1S/C20H20FN3O4S/c21-17-10-8-16(9-11-17)14-29(26,27)20-24-23-19(28-20)7-4-12-22-18(25)13-15-5-2-1-3-6-15/h1-3,5-6,8-11H,4,7,12-14H2,(H,22,25). The summed E-state index contributed by atoms with van der Waals surface area (Å²) in [5.74, 6) is -0.712. The van der Waals surface area contributed by atoms with Gasteiger partial charge in [0, 0.05) is 13.0 Å². The van der Waals surface area contributed by atoms with Crippen molar-refractivity contribution in [3.63, 3.8) is 0 Å². The molecule has 0 radical (unpaired) electrons. The second kappa shape index (κ2) is 9.42. The third-order valence-electron chi connectivity index (χ3n) is 4.08. The number of amides is 1. The van der Waals surface area contributed by atoms with Gasteiger partial charge in [0.1, 0.15) is 5.82 Å². The zero-order valence-electron chi connectivity index (χ0n) is 15.5. The Morgan fingerprint density at radius 1 is 1.00 bits per heavy atom. The summed E-state index contributed by atoms with van der Waals surface area (Å²) in [4.78, 5) is 11.9. The molecule has 152 valence electrons. The van der Waals surface area contributed by atoms with Gasteiger partial charge in [-0.05, 0) is 29.7 Å². The molecule has 0 aliphatic carbocycles. The lowest BCUT2D eigenvalue weighted by Crippen LogP contribution is -2.26. The number of hydrogen-bond donors (Lipinski definition) is 1. The summed E-state index contributed by atoms with van der Waals surface area (Å²) in [5, 5.41) is 9.69. The number of nitrogens with one attached hydrogen (secondary N) is 1.